The van der Waals surface area contributed by atoms with E-state index in [4.69, 9.17) is 5.73 Å². The van der Waals surface area contributed by atoms with E-state index in [0.717, 1.165) is 16.6 Å². The summed E-state index contributed by atoms with van der Waals surface area (Å²) < 4.78 is 0. The fourth-order valence-corrected chi connectivity index (χ4v) is 1.66. The normalized spacial score (nSPS) is 10.6. The highest BCUT2D eigenvalue weighted by Crippen LogP contribution is 2.12. The average molecular weight is 214 g/mol. The van der Waals surface area contributed by atoms with Gasteiger partial charge in [-0.3, -0.25) is 9.78 Å². The zero-order valence-electron chi connectivity index (χ0n) is 9.02. The topological polar surface area (TPSA) is 56.0 Å². The smallest absolute Gasteiger partial charge is 0.140 e. The lowest BCUT2D eigenvalue weighted by Gasteiger charge is -2.01. The van der Waals surface area contributed by atoms with E-state index in [1.807, 2.05) is 36.4 Å². The number of hydrogen-bond acceptors (Lipinski definition) is 3. The molecule has 0 radical (unpaired) electrons. The number of carbonyl (C=O) groups is 1. The van der Waals surface area contributed by atoms with Crippen molar-refractivity contribution in [2.24, 2.45) is 5.73 Å². The summed E-state index contributed by atoms with van der Waals surface area (Å²) in [5, 5.41) is 1.09. The molecule has 0 amide bonds. The fraction of sp³-hybridized carbons (Fsp3) is 0.231. The second kappa shape index (κ2) is 4.86. The number of rotatable bonds is 4. The van der Waals surface area contributed by atoms with Gasteiger partial charge in [0, 0.05) is 23.9 Å². The van der Waals surface area contributed by atoms with Crippen LogP contribution in [0.5, 0.6) is 0 Å². The van der Waals surface area contributed by atoms with Crippen LogP contribution < -0.4 is 5.73 Å². The molecule has 82 valence electrons. The first-order valence-electron chi connectivity index (χ1n) is 5.36. The molecule has 0 aliphatic carbocycles. The summed E-state index contributed by atoms with van der Waals surface area (Å²) in [5.41, 5.74) is 7.08. The van der Waals surface area contributed by atoms with Crippen molar-refractivity contribution in [1.82, 2.24) is 4.98 Å². The molecule has 2 N–H and O–H groups in total. The Morgan fingerprint density at radius 2 is 2.00 bits per heavy atom. The van der Waals surface area contributed by atoms with Crippen molar-refractivity contribution in [3.05, 3.63) is 42.1 Å². The van der Waals surface area contributed by atoms with Gasteiger partial charge < -0.3 is 5.73 Å². The van der Waals surface area contributed by atoms with E-state index in [-0.39, 0.29) is 5.78 Å². The Bertz CT molecular complexity index is 508. The van der Waals surface area contributed by atoms with Crippen LogP contribution in [0.2, 0.25) is 0 Å². The third-order valence-electron chi connectivity index (χ3n) is 2.46. The fourth-order valence-electron chi connectivity index (χ4n) is 1.66. The van der Waals surface area contributed by atoms with Gasteiger partial charge in [0.2, 0.25) is 0 Å². The first kappa shape index (κ1) is 10.8. The molecule has 16 heavy (non-hydrogen) atoms. The van der Waals surface area contributed by atoms with Gasteiger partial charge >= 0.3 is 0 Å². The summed E-state index contributed by atoms with van der Waals surface area (Å²) in [6.45, 7) is 0.409. The first-order valence-corrected chi connectivity index (χ1v) is 5.36. The van der Waals surface area contributed by atoms with E-state index < -0.39 is 0 Å². The van der Waals surface area contributed by atoms with Gasteiger partial charge in [0.1, 0.15) is 5.78 Å². The summed E-state index contributed by atoms with van der Waals surface area (Å²) in [6.07, 6.45) is 0.802. The highest BCUT2D eigenvalue weighted by molar-refractivity contribution is 5.82. The number of pyridine rings is 1. The maximum atomic E-state index is 11.4. The molecule has 1 aromatic heterocycles. The number of nitrogens with zero attached hydrogens (tertiary/aromatic N) is 1. The van der Waals surface area contributed by atoms with Crippen LogP contribution in [0.15, 0.2) is 36.4 Å². The molecule has 0 bridgehead atoms. The predicted octanol–water partition coefficient (Wildman–Crippen LogP) is 1.70. The molecule has 0 fully saturated rings. The van der Waals surface area contributed by atoms with E-state index in [0.29, 0.717) is 19.4 Å². The number of hydrogen-bond donors (Lipinski definition) is 1. The Labute approximate surface area is 94.3 Å². The third-order valence-corrected chi connectivity index (χ3v) is 2.46. The van der Waals surface area contributed by atoms with E-state index in [1.54, 1.807) is 0 Å². The summed E-state index contributed by atoms with van der Waals surface area (Å²) in [7, 11) is 0. The summed E-state index contributed by atoms with van der Waals surface area (Å²) in [4.78, 5) is 15.9. The van der Waals surface area contributed by atoms with Gasteiger partial charge in [-0.15, -0.1) is 0 Å². The molecule has 0 aliphatic rings. The van der Waals surface area contributed by atoms with Gasteiger partial charge in [-0.25, -0.2) is 0 Å². The molecule has 0 aliphatic heterocycles. The Morgan fingerprint density at radius 3 is 2.81 bits per heavy atom. The lowest BCUT2D eigenvalue weighted by molar-refractivity contribution is -0.118. The molecule has 0 saturated heterocycles. The molecular weight excluding hydrogens is 200 g/mol. The van der Waals surface area contributed by atoms with Crippen LogP contribution >= 0.6 is 0 Å². The van der Waals surface area contributed by atoms with E-state index >= 15 is 0 Å². The standard InChI is InChI=1S/C13H14N2O/c14-8-7-12(16)9-11-6-5-10-3-1-2-4-13(10)15-11/h1-6H,7-9,14H2. The van der Waals surface area contributed by atoms with Gasteiger partial charge in [0.25, 0.3) is 0 Å². The number of nitrogens with two attached hydrogens (primary N) is 1. The third kappa shape index (κ3) is 2.44. The summed E-state index contributed by atoms with van der Waals surface area (Å²) >= 11 is 0. The van der Waals surface area contributed by atoms with Crippen LogP contribution in [-0.4, -0.2) is 17.3 Å². The monoisotopic (exact) mass is 214 g/mol. The Kier molecular flexibility index (Phi) is 3.27. The zero-order chi connectivity index (χ0) is 11.4. The molecule has 2 rings (SSSR count). The van der Waals surface area contributed by atoms with Gasteiger partial charge in [0.15, 0.2) is 0 Å². The molecule has 0 atom stereocenters. The van der Waals surface area contributed by atoms with E-state index in [9.17, 15) is 4.79 Å². The minimum Gasteiger partial charge on any atom is -0.330 e. The number of fused-ring (bicyclic) bond motifs is 1. The van der Waals surface area contributed by atoms with Crippen LogP contribution in [-0.2, 0) is 11.2 Å². The van der Waals surface area contributed by atoms with E-state index in [2.05, 4.69) is 4.98 Å². The van der Waals surface area contributed by atoms with Crippen LogP contribution in [0.25, 0.3) is 10.9 Å². The van der Waals surface area contributed by atoms with Crippen molar-refractivity contribution in [2.45, 2.75) is 12.8 Å². The summed E-state index contributed by atoms with van der Waals surface area (Å²) in [5.74, 6) is 0.144. The SMILES string of the molecule is NCCC(=O)Cc1ccc2ccccc2n1. The molecule has 2 aromatic rings. The van der Waals surface area contributed by atoms with Crippen molar-refractivity contribution < 1.29 is 4.79 Å². The lowest BCUT2D eigenvalue weighted by Crippen LogP contribution is -2.10. The number of ketones is 1. The first-order chi connectivity index (χ1) is 7.79. The maximum Gasteiger partial charge on any atom is 0.140 e. The van der Waals surface area contributed by atoms with Gasteiger partial charge in [0.05, 0.1) is 5.52 Å². The Balaban J connectivity index is 2.22. The largest absolute Gasteiger partial charge is 0.330 e. The average Bonchev–Trinajstić information content (AvgIpc) is 2.29. The summed E-state index contributed by atoms with van der Waals surface area (Å²) in [6, 6.07) is 11.8. The highest BCUT2D eigenvalue weighted by Gasteiger charge is 2.04. The number of carbonyl (C=O) groups excluding carboxylic acids is 1. The molecule has 1 heterocycles. The molecule has 3 heteroatoms. The second-order valence-corrected chi connectivity index (χ2v) is 3.75. The Hall–Kier alpha value is -1.74. The quantitative estimate of drug-likeness (QED) is 0.842. The maximum absolute atomic E-state index is 11.4. The van der Waals surface area contributed by atoms with Crippen LogP contribution in [0.4, 0.5) is 0 Å². The molecule has 0 saturated carbocycles. The van der Waals surface area contributed by atoms with Gasteiger partial charge in [-0.2, -0.15) is 0 Å². The number of Topliss-reactive ketones (excluding diaryl/α,β-unsaturated/α-hetero) is 1. The van der Waals surface area contributed by atoms with Crippen molar-refractivity contribution >= 4 is 16.7 Å². The van der Waals surface area contributed by atoms with Crippen LogP contribution in [0.1, 0.15) is 12.1 Å². The predicted molar refractivity (Wildman–Crippen MR) is 64.1 cm³/mol. The molecular formula is C13H14N2O. The zero-order valence-corrected chi connectivity index (χ0v) is 9.02. The lowest BCUT2D eigenvalue weighted by atomic mass is 10.1. The van der Waals surface area contributed by atoms with Crippen LogP contribution in [0, 0.1) is 0 Å². The van der Waals surface area contributed by atoms with Gasteiger partial charge in [-0.1, -0.05) is 24.3 Å². The number of benzene rings is 1. The molecule has 1 aromatic carbocycles. The Morgan fingerprint density at radius 1 is 1.19 bits per heavy atom. The van der Waals surface area contributed by atoms with Gasteiger partial charge in [-0.05, 0) is 18.7 Å². The molecule has 3 nitrogen and oxygen atoms in total. The second-order valence-electron chi connectivity index (χ2n) is 3.75. The number of para-hydroxylation sites is 1. The molecule has 0 spiro atoms. The van der Waals surface area contributed by atoms with Crippen molar-refractivity contribution in [2.75, 3.05) is 6.54 Å². The van der Waals surface area contributed by atoms with Crippen molar-refractivity contribution in [1.29, 1.82) is 0 Å². The highest BCUT2D eigenvalue weighted by atomic mass is 16.1. The minimum absolute atomic E-state index is 0.144. The molecule has 0 unspecified atom stereocenters. The van der Waals surface area contributed by atoms with E-state index in [1.165, 1.54) is 0 Å². The van der Waals surface area contributed by atoms with Crippen molar-refractivity contribution in [3.8, 4) is 0 Å². The number of aromatic nitrogens is 1. The van der Waals surface area contributed by atoms with Crippen LogP contribution in [0.3, 0.4) is 0 Å². The minimum atomic E-state index is 0.144. The van der Waals surface area contributed by atoms with Crippen molar-refractivity contribution in [3.63, 3.8) is 0 Å².